The van der Waals surface area contributed by atoms with Gasteiger partial charge in [-0.3, -0.25) is 0 Å². The van der Waals surface area contributed by atoms with Gasteiger partial charge in [0.15, 0.2) is 5.69 Å². The summed E-state index contributed by atoms with van der Waals surface area (Å²) in [7, 11) is 1.63. The van der Waals surface area contributed by atoms with Crippen LogP contribution in [0.4, 0.5) is 0 Å². The Labute approximate surface area is 104 Å². The van der Waals surface area contributed by atoms with Crippen LogP contribution in [-0.2, 0) is 0 Å². The van der Waals surface area contributed by atoms with E-state index in [1.54, 1.807) is 13.3 Å². The highest BCUT2D eigenvalue weighted by Crippen LogP contribution is 2.35. The summed E-state index contributed by atoms with van der Waals surface area (Å²) in [6, 6.07) is 13.5. The molecular weight excluding hydrogens is 232 g/mol. The van der Waals surface area contributed by atoms with E-state index >= 15 is 0 Å². The first-order chi connectivity index (χ1) is 8.35. The number of rotatable bonds is 3. The minimum Gasteiger partial charge on any atom is -0.496 e. The fourth-order valence-corrected chi connectivity index (χ4v) is 2.36. The number of para-hydroxylation sites is 1. The number of benzene rings is 1. The van der Waals surface area contributed by atoms with Crippen LogP contribution in [0.25, 0.3) is 0 Å². The van der Waals surface area contributed by atoms with Crippen molar-refractivity contribution in [2.45, 2.75) is 9.79 Å². The van der Waals surface area contributed by atoms with Crippen LogP contribution in [0.3, 0.4) is 0 Å². The number of hydrogen-bond acceptors (Lipinski definition) is 4. The van der Waals surface area contributed by atoms with Crippen molar-refractivity contribution in [3.63, 3.8) is 0 Å². The number of methoxy groups -OCH3 is 1. The van der Waals surface area contributed by atoms with Crippen molar-refractivity contribution in [2.75, 3.05) is 7.11 Å². The van der Waals surface area contributed by atoms with Gasteiger partial charge in [-0.15, -0.1) is 0 Å². The average Bonchev–Trinajstić information content (AvgIpc) is 2.40. The Hall–Kier alpha value is -1.99. The first kappa shape index (κ1) is 11.5. The number of pyridine rings is 1. The Kier molecular flexibility index (Phi) is 3.63. The zero-order valence-corrected chi connectivity index (χ0v) is 10.1. The summed E-state index contributed by atoms with van der Waals surface area (Å²) in [5.41, 5.74) is 0.434. The fraction of sp³-hybridized carbons (Fsp3) is 0.0769. The highest BCUT2D eigenvalue weighted by molar-refractivity contribution is 7.99. The summed E-state index contributed by atoms with van der Waals surface area (Å²) in [4.78, 5) is 5.83. The first-order valence-electron chi connectivity index (χ1n) is 5.01. The quantitative estimate of drug-likeness (QED) is 0.829. The molecule has 0 saturated carbocycles. The van der Waals surface area contributed by atoms with Gasteiger partial charge >= 0.3 is 0 Å². The normalized spacial score (nSPS) is 9.65. The summed E-state index contributed by atoms with van der Waals surface area (Å²) < 4.78 is 5.27. The lowest BCUT2D eigenvalue weighted by molar-refractivity contribution is 0.405. The van der Waals surface area contributed by atoms with Gasteiger partial charge in [-0.1, -0.05) is 23.9 Å². The molecule has 0 aliphatic heterocycles. The summed E-state index contributed by atoms with van der Waals surface area (Å²) in [6.45, 7) is 0. The van der Waals surface area contributed by atoms with Gasteiger partial charge in [0.2, 0.25) is 0 Å². The summed E-state index contributed by atoms with van der Waals surface area (Å²) in [5, 5.41) is 8.97. The van der Waals surface area contributed by atoms with E-state index in [4.69, 9.17) is 10.00 Å². The largest absolute Gasteiger partial charge is 0.496 e. The maximum Gasteiger partial charge on any atom is 0.154 e. The molecule has 0 fully saturated rings. The third kappa shape index (κ3) is 2.58. The van der Waals surface area contributed by atoms with Crippen molar-refractivity contribution in [3.05, 3.63) is 48.3 Å². The minimum atomic E-state index is 0.434. The van der Waals surface area contributed by atoms with E-state index in [-0.39, 0.29) is 0 Å². The third-order valence-electron chi connectivity index (χ3n) is 2.17. The lowest BCUT2D eigenvalue weighted by Crippen LogP contribution is -1.88. The molecular formula is C13H10N2OS. The molecule has 4 heteroatoms. The van der Waals surface area contributed by atoms with Crippen molar-refractivity contribution < 1.29 is 4.74 Å². The Bertz CT molecular complexity index is 563. The molecule has 0 aliphatic rings. The highest BCUT2D eigenvalue weighted by atomic mass is 32.2. The lowest BCUT2D eigenvalue weighted by atomic mass is 10.3. The van der Waals surface area contributed by atoms with E-state index in [2.05, 4.69) is 11.1 Å². The second kappa shape index (κ2) is 5.37. The van der Waals surface area contributed by atoms with Crippen LogP contribution in [0.5, 0.6) is 5.75 Å². The highest BCUT2D eigenvalue weighted by Gasteiger charge is 2.08. The predicted molar refractivity (Wildman–Crippen MR) is 66.1 cm³/mol. The van der Waals surface area contributed by atoms with E-state index in [0.717, 1.165) is 15.5 Å². The van der Waals surface area contributed by atoms with Crippen LogP contribution in [0.15, 0.2) is 52.4 Å². The van der Waals surface area contributed by atoms with E-state index in [1.807, 2.05) is 36.4 Å². The Morgan fingerprint density at radius 2 is 1.94 bits per heavy atom. The first-order valence-corrected chi connectivity index (χ1v) is 5.83. The molecule has 84 valence electrons. The van der Waals surface area contributed by atoms with Crippen LogP contribution in [-0.4, -0.2) is 12.1 Å². The second-order valence-electron chi connectivity index (χ2n) is 3.21. The smallest absolute Gasteiger partial charge is 0.154 e. The molecule has 0 amide bonds. The van der Waals surface area contributed by atoms with Crippen LogP contribution < -0.4 is 4.74 Å². The van der Waals surface area contributed by atoms with Gasteiger partial charge in [-0.2, -0.15) is 5.26 Å². The van der Waals surface area contributed by atoms with E-state index in [1.165, 1.54) is 11.8 Å². The predicted octanol–water partition coefficient (Wildman–Crippen LogP) is 3.11. The maximum atomic E-state index is 8.97. The van der Waals surface area contributed by atoms with Gasteiger partial charge in [-0.25, -0.2) is 4.98 Å². The van der Waals surface area contributed by atoms with Gasteiger partial charge < -0.3 is 4.74 Å². The molecule has 2 rings (SSSR count). The molecule has 1 aromatic carbocycles. The van der Waals surface area contributed by atoms with Crippen molar-refractivity contribution in [3.8, 4) is 11.8 Å². The van der Waals surface area contributed by atoms with Gasteiger partial charge in [-0.05, 0) is 24.3 Å². The number of nitrogens with zero attached hydrogens (tertiary/aromatic N) is 2. The molecule has 0 spiro atoms. The Morgan fingerprint density at radius 1 is 1.18 bits per heavy atom. The summed E-state index contributed by atoms with van der Waals surface area (Å²) in [6.07, 6.45) is 1.62. The van der Waals surface area contributed by atoms with Crippen molar-refractivity contribution >= 4 is 11.8 Å². The maximum absolute atomic E-state index is 8.97. The summed E-state index contributed by atoms with van der Waals surface area (Å²) >= 11 is 1.48. The van der Waals surface area contributed by atoms with Crippen molar-refractivity contribution in [1.29, 1.82) is 5.26 Å². The summed E-state index contributed by atoms with van der Waals surface area (Å²) in [5.74, 6) is 0.797. The topological polar surface area (TPSA) is 45.9 Å². The molecule has 1 aromatic heterocycles. The molecule has 0 bridgehead atoms. The molecule has 1 heterocycles. The van der Waals surface area contributed by atoms with E-state index < -0.39 is 0 Å². The van der Waals surface area contributed by atoms with E-state index in [9.17, 15) is 0 Å². The molecule has 2 aromatic rings. The zero-order valence-electron chi connectivity index (χ0n) is 9.25. The molecule has 0 atom stereocenters. The van der Waals surface area contributed by atoms with Crippen molar-refractivity contribution in [2.24, 2.45) is 0 Å². The zero-order chi connectivity index (χ0) is 12.1. The monoisotopic (exact) mass is 242 g/mol. The average molecular weight is 242 g/mol. The number of nitriles is 1. The standard InChI is InChI=1S/C13H10N2OS/c1-16-11-5-2-3-6-13(11)17-12-7-4-8-15-10(12)9-14/h2-8H,1H3. The SMILES string of the molecule is COc1ccccc1Sc1cccnc1C#N. The molecule has 17 heavy (non-hydrogen) atoms. The molecule has 0 saturated heterocycles. The molecule has 0 N–H and O–H groups in total. The fourth-order valence-electron chi connectivity index (χ4n) is 1.38. The van der Waals surface area contributed by atoms with Crippen LogP contribution >= 0.6 is 11.8 Å². The second-order valence-corrected chi connectivity index (χ2v) is 4.30. The van der Waals surface area contributed by atoms with Crippen LogP contribution in [0.2, 0.25) is 0 Å². The van der Waals surface area contributed by atoms with Crippen LogP contribution in [0.1, 0.15) is 5.69 Å². The third-order valence-corrected chi connectivity index (χ3v) is 3.27. The molecule has 0 aliphatic carbocycles. The Morgan fingerprint density at radius 3 is 2.71 bits per heavy atom. The number of ether oxygens (including phenoxy) is 1. The molecule has 0 radical (unpaired) electrons. The van der Waals surface area contributed by atoms with Gasteiger partial charge in [0.1, 0.15) is 11.8 Å². The van der Waals surface area contributed by atoms with Gasteiger partial charge in [0.05, 0.1) is 12.0 Å². The van der Waals surface area contributed by atoms with E-state index in [0.29, 0.717) is 5.69 Å². The van der Waals surface area contributed by atoms with Crippen LogP contribution in [0, 0.1) is 11.3 Å². The number of aromatic nitrogens is 1. The minimum absolute atomic E-state index is 0.434. The number of hydrogen-bond donors (Lipinski definition) is 0. The molecule has 3 nitrogen and oxygen atoms in total. The lowest BCUT2D eigenvalue weighted by Gasteiger charge is -2.07. The Balaban J connectivity index is 2.35. The van der Waals surface area contributed by atoms with Gasteiger partial charge in [0, 0.05) is 11.1 Å². The molecule has 0 unspecified atom stereocenters. The van der Waals surface area contributed by atoms with Crippen molar-refractivity contribution in [1.82, 2.24) is 4.98 Å². The van der Waals surface area contributed by atoms with Gasteiger partial charge in [0.25, 0.3) is 0 Å².